The van der Waals surface area contributed by atoms with Gasteiger partial charge in [0, 0.05) is 41.8 Å². The molecule has 0 N–H and O–H groups in total. The molecule has 1 aromatic carbocycles. The predicted molar refractivity (Wildman–Crippen MR) is 114 cm³/mol. The summed E-state index contributed by atoms with van der Waals surface area (Å²) >= 11 is 7.59. The third-order valence-electron chi connectivity index (χ3n) is 5.27. The van der Waals surface area contributed by atoms with Gasteiger partial charge in [0.2, 0.25) is 10.0 Å². The Morgan fingerprint density at radius 1 is 1.14 bits per heavy atom. The van der Waals surface area contributed by atoms with Crippen molar-refractivity contribution in [2.45, 2.75) is 31.1 Å². The number of piperidine rings is 1. The molecule has 8 heteroatoms. The molecule has 0 atom stereocenters. The molecule has 4 rings (SSSR count). The van der Waals surface area contributed by atoms with E-state index in [1.165, 1.54) is 11.3 Å². The van der Waals surface area contributed by atoms with E-state index < -0.39 is 10.0 Å². The number of hydrogen-bond acceptors (Lipinski definition) is 4. The molecule has 1 aliphatic heterocycles. The Kier molecular flexibility index (Phi) is 5.35. The number of aromatic nitrogens is 2. The van der Waals surface area contributed by atoms with Gasteiger partial charge in [-0.1, -0.05) is 30.2 Å². The monoisotopic (exact) mass is 435 g/mol. The van der Waals surface area contributed by atoms with E-state index in [-0.39, 0.29) is 0 Å². The van der Waals surface area contributed by atoms with E-state index in [4.69, 9.17) is 16.6 Å². The number of halogens is 1. The topological polar surface area (TPSA) is 55.2 Å². The van der Waals surface area contributed by atoms with Crippen LogP contribution in [0, 0.1) is 6.92 Å². The van der Waals surface area contributed by atoms with Crippen LogP contribution in [0.4, 0.5) is 0 Å². The molecule has 3 heterocycles. The van der Waals surface area contributed by atoms with Crippen LogP contribution in [0.15, 0.2) is 40.6 Å². The summed E-state index contributed by atoms with van der Waals surface area (Å²) < 4.78 is 29.8. The number of thiazole rings is 1. The molecule has 0 radical (unpaired) electrons. The van der Waals surface area contributed by atoms with Gasteiger partial charge in [0.25, 0.3) is 0 Å². The van der Waals surface area contributed by atoms with Crippen molar-refractivity contribution in [3.8, 4) is 22.0 Å². The average molecular weight is 436 g/mol. The van der Waals surface area contributed by atoms with Crippen molar-refractivity contribution >= 4 is 33.0 Å². The van der Waals surface area contributed by atoms with Gasteiger partial charge in [0.15, 0.2) is 0 Å². The van der Waals surface area contributed by atoms with E-state index in [9.17, 15) is 8.42 Å². The molecule has 3 aromatic rings. The maximum absolute atomic E-state index is 13.2. The maximum atomic E-state index is 13.2. The van der Waals surface area contributed by atoms with Crippen LogP contribution in [0.25, 0.3) is 22.0 Å². The lowest BCUT2D eigenvalue weighted by atomic mass is 10.2. The molecule has 1 fully saturated rings. The lowest BCUT2D eigenvalue weighted by molar-refractivity contribution is 0.346. The summed E-state index contributed by atoms with van der Waals surface area (Å²) in [4.78, 5) is 5.11. The van der Waals surface area contributed by atoms with Gasteiger partial charge in [0.05, 0.1) is 11.4 Å². The third kappa shape index (κ3) is 3.52. The summed E-state index contributed by atoms with van der Waals surface area (Å²) in [5.41, 5.74) is 3.33. The van der Waals surface area contributed by atoms with Crippen LogP contribution >= 0.6 is 22.9 Å². The lowest BCUT2D eigenvalue weighted by Gasteiger charge is -2.25. The van der Waals surface area contributed by atoms with Crippen molar-refractivity contribution in [2.75, 3.05) is 13.1 Å². The molecule has 28 heavy (non-hydrogen) atoms. The fourth-order valence-electron chi connectivity index (χ4n) is 3.55. The van der Waals surface area contributed by atoms with Crippen LogP contribution in [0.3, 0.4) is 0 Å². The van der Waals surface area contributed by atoms with Crippen molar-refractivity contribution in [3.05, 3.63) is 46.4 Å². The number of rotatable bonds is 4. The van der Waals surface area contributed by atoms with Gasteiger partial charge in [-0.15, -0.1) is 11.3 Å². The minimum Gasteiger partial charge on any atom is -0.345 e. The standard InChI is InChI=1S/C20H22ClN3O2S2/c1-14-19(28(25,26)24-9-4-3-5-10-24)12-18(23(14)2)20-22-17(13-27-20)15-7-6-8-16(21)11-15/h6-8,11-13H,3-5,9-10H2,1-2H3. The zero-order valence-corrected chi connectivity index (χ0v) is 18.2. The zero-order chi connectivity index (χ0) is 19.9. The molecule has 1 aliphatic rings. The highest BCUT2D eigenvalue weighted by atomic mass is 35.5. The van der Waals surface area contributed by atoms with Crippen LogP contribution in [-0.4, -0.2) is 35.4 Å². The van der Waals surface area contributed by atoms with Gasteiger partial charge in [-0.2, -0.15) is 4.31 Å². The molecule has 0 aliphatic carbocycles. The van der Waals surface area contributed by atoms with Crippen LogP contribution in [-0.2, 0) is 17.1 Å². The molecule has 1 saturated heterocycles. The maximum Gasteiger partial charge on any atom is 0.244 e. The highest BCUT2D eigenvalue weighted by Crippen LogP contribution is 2.34. The van der Waals surface area contributed by atoms with Crippen molar-refractivity contribution < 1.29 is 8.42 Å². The summed E-state index contributed by atoms with van der Waals surface area (Å²) in [5.74, 6) is 0. The predicted octanol–water partition coefficient (Wildman–Crippen LogP) is 4.95. The first-order valence-electron chi connectivity index (χ1n) is 9.26. The highest BCUT2D eigenvalue weighted by molar-refractivity contribution is 7.89. The Labute approximate surface area is 174 Å². The second-order valence-electron chi connectivity index (χ2n) is 7.05. The molecule has 148 valence electrons. The molecule has 0 unspecified atom stereocenters. The van der Waals surface area contributed by atoms with Crippen LogP contribution in [0.5, 0.6) is 0 Å². The molecule has 5 nitrogen and oxygen atoms in total. The van der Waals surface area contributed by atoms with E-state index in [1.54, 1.807) is 10.4 Å². The van der Waals surface area contributed by atoms with Gasteiger partial charge < -0.3 is 4.57 Å². The normalized spacial score (nSPS) is 15.8. The third-order valence-corrected chi connectivity index (χ3v) is 8.38. The van der Waals surface area contributed by atoms with Crippen LogP contribution < -0.4 is 0 Å². The summed E-state index contributed by atoms with van der Waals surface area (Å²) in [7, 11) is -1.59. The minimum atomic E-state index is -3.48. The highest BCUT2D eigenvalue weighted by Gasteiger charge is 2.30. The van der Waals surface area contributed by atoms with Gasteiger partial charge >= 0.3 is 0 Å². The molecule has 0 saturated carbocycles. The lowest BCUT2D eigenvalue weighted by Crippen LogP contribution is -2.35. The van der Waals surface area contributed by atoms with Crippen molar-refractivity contribution in [2.24, 2.45) is 7.05 Å². The fourth-order valence-corrected chi connectivity index (χ4v) is 6.41. The smallest absolute Gasteiger partial charge is 0.244 e. The fraction of sp³-hybridized carbons (Fsp3) is 0.350. The molecular formula is C20H22ClN3O2S2. The van der Waals surface area contributed by atoms with Crippen LogP contribution in [0.2, 0.25) is 5.02 Å². The molecule has 0 amide bonds. The molecule has 2 aromatic heterocycles. The molecule has 0 bridgehead atoms. The number of hydrogen-bond donors (Lipinski definition) is 0. The number of sulfonamides is 1. The SMILES string of the molecule is Cc1c(S(=O)(=O)N2CCCCC2)cc(-c2nc(-c3cccc(Cl)c3)cs2)n1C. The Hall–Kier alpha value is -1.67. The van der Waals surface area contributed by atoms with Gasteiger partial charge in [-0.3, -0.25) is 0 Å². The first-order chi connectivity index (χ1) is 13.4. The Morgan fingerprint density at radius 3 is 2.61 bits per heavy atom. The van der Waals surface area contributed by atoms with E-state index in [2.05, 4.69) is 0 Å². The van der Waals surface area contributed by atoms with Crippen molar-refractivity contribution in [3.63, 3.8) is 0 Å². The van der Waals surface area contributed by atoms with Crippen molar-refractivity contribution in [1.29, 1.82) is 0 Å². The van der Waals surface area contributed by atoms with E-state index in [0.717, 1.165) is 46.9 Å². The Morgan fingerprint density at radius 2 is 1.89 bits per heavy atom. The number of nitrogens with zero attached hydrogens (tertiary/aromatic N) is 3. The van der Waals surface area contributed by atoms with Crippen molar-refractivity contribution in [1.82, 2.24) is 13.9 Å². The molecular weight excluding hydrogens is 414 g/mol. The minimum absolute atomic E-state index is 0.381. The Balaban J connectivity index is 1.71. The van der Waals surface area contributed by atoms with E-state index in [0.29, 0.717) is 23.0 Å². The van der Waals surface area contributed by atoms with Gasteiger partial charge in [-0.25, -0.2) is 13.4 Å². The second-order valence-corrected chi connectivity index (χ2v) is 10.3. The largest absolute Gasteiger partial charge is 0.345 e. The summed E-state index contributed by atoms with van der Waals surface area (Å²) in [6, 6.07) is 9.33. The first kappa shape index (κ1) is 19.6. The number of benzene rings is 1. The van der Waals surface area contributed by atoms with E-state index >= 15 is 0 Å². The van der Waals surface area contributed by atoms with E-state index in [1.807, 2.05) is 48.2 Å². The van der Waals surface area contributed by atoms with Gasteiger partial charge in [-0.05, 0) is 38.0 Å². The second kappa shape index (κ2) is 7.63. The quantitative estimate of drug-likeness (QED) is 0.582. The first-order valence-corrected chi connectivity index (χ1v) is 12.0. The van der Waals surface area contributed by atoms with Crippen LogP contribution in [0.1, 0.15) is 25.0 Å². The summed E-state index contributed by atoms with van der Waals surface area (Å²) in [5, 5.41) is 3.43. The molecule has 0 spiro atoms. The summed E-state index contributed by atoms with van der Waals surface area (Å²) in [6.07, 6.45) is 2.94. The zero-order valence-electron chi connectivity index (χ0n) is 15.9. The van der Waals surface area contributed by atoms with Gasteiger partial charge in [0.1, 0.15) is 9.90 Å². The summed E-state index contributed by atoms with van der Waals surface area (Å²) in [6.45, 7) is 3.05. The average Bonchev–Trinajstić information content (AvgIpc) is 3.29. The Bertz CT molecular complexity index is 1110.